The van der Waals surface area contributed by atoms with E-state index < -0.39 is 28.3 Å². The van der Waals surface area contributed by atoms with E-state index in [0.29, 0.717) is 5.56 Å². The first-order chi connectivity index (χ1) is 11.2. The summed E-state index contributed by atoms with van der Waals surface area (Å²) in [6.45, 7) is 1.54. The Hall–Kier alpha value is -1.86. The number of methoxy groups -OCH3 is 1. The zero-order valence-electron chi connectivity index (χ0n) is 13.0. The minimum absolute atomic E-state index is 0.0284. The predicted molar refractivity (Wildman–Crippen MR) is 86.6 cm³/mol. The fraction of sp³-hybridized carbons (Fsp3) is 0.429. The van der Waals surface area contributed by atoms with E-state index >= 15 is 0 Å². The fourth-order valence-corrected chi connectivity index (χ4v) is 4.19. The first-order valence-corrected chi connectivity index (χ1v) is 8.79. The van der Waals surface area contributed by atoms with Crippen LogP contribution in [-0.4, -0.2) is 49.6 Å². The lowest BCUT2D eigenvalue weighted by Crippen LogP contribution is -2.47. The first-order valence-electron chi connectivity index (χ1n) is 6.97. The molecule has 0 spiro atoms. The summed E-state index contributed by atoms with van der Waals surface area (Å²) < 4.78 is 32.9. The minimum atomic E-state index is -4.13. The van der Waals surface area contributed by atoms with Gasteiger partial charge in [-0.05, 0) is 31.0 Å². The molecule has 2 atom stereocenters. The molecular weight excluding hydrogens is 358 g/mol. The SMILES string of the molecule is COC(=O)C1[C@H](O)CCN1S(=O)(=O)Nc1ccc(C#N)c(Cl)c1C. The van der Waals surface area contributed by atoms with Crippen LogP contribution >= 0.6 is 11.6 Å². The second kappa shape index (κ2) is 6.94. The lowest BCUT2D eigenvalue weighted by Gasteiger charge is -2.24. The van der Waals surface area contributed by atoms with Gasteiger partial charge < -0.3 is 9.84 Å². The van der Waals surface area contributed by atoms with Crippen LogP contribution in [-0.2, 0) is 19.7 Å². The van der Waals surface area contributed by atoms with Crippen LogP contribution in [0.2, 0.25) is 5.02 Å². The van der Waals surface area contributed by atoms with Gasteiger partial charge in [-0.1, -0.05) is 11.6 Å². The number of halogens is 1. The molecule has 1 aliphatic rings. The van der Waals surface area contributed by atoms with Crippen LogP contribution in [0, 0.1) is 18.3 Å². The van der Waals surface area contributed by atoms with Crippen molar-refractivity contribution in [1.29, 1.82) is 5.26 Å². The number of nitriles is 1. The topological polar surface area (TPSA) is 120 Å². The van der Waals surface area contributed by atoms with Crippen LogP contribution in [0.3, 0.4) is 0 Å². The molecule has 0 bridgehead atoms. The third kappa shape index (κ3) is 3.32. The van der Waals surface area contributed by atoms with Crippen molar-refractivity contribution in [3.63, 3.8) is 0 Å². The molecule has 0 radical (unpaired) electrons. The zero-order chi connectivity index (χ0) is 18.1. The van der Waals surface area contributed by atoms with Crippen LogP contribution in [0.15, 0.2) is 12.1 Å². The molecule has 1 saturated heterocycles. The van der Waals surface area contributed by atoms with Crippen molar-refractivity contribution in [1.82, 2.24) is 4.31 Å². The lowest BCUT2D eigenvalue weighted by atomic mass is 10.1. The summed E-state index contributed by atoms with van der Waals surface area (Å²) in [5.41, 5.74) is 0.791. The number of esters is 1. The second-order valence-electron chi connectivity index (χ2n) is 5.25. The van der Waals surface area contributed by atoms with E-state index in [-0.39, 0.29) is 29.2 Å². The van der Waals surface area contributed by atoms with E-state index in [9.17, 15) is 18.3 Å². The third-order valence-electron chi connectivity index (χ3n) is 3.82. The van der Waals surface area contributed by atoms with Gasteiger partial charge in [0.1, 0.15) is 12.1 Å². The highest BCUT2D eigenvalue weighted by Gasteiger charge is 2.45. The summed E-state index contributed by atoms with van der Waals surface area (Å²) in [5, 5.41) is 18.9. The van der Waals surface area contributed by atoms with E-state index in [0.717, 1.165) is 11.4 Å². The van der Waals surface area contributed by atoms with Gasteiger partial charge in [-0.3, -0.25) is 9.52 Å². The number of aliphatic hydroxyl groups is 1. The van der Waals surface area contributed by atoms with Gasteiger partial charge in [-0.2, -0.15) is 18.0 Å². The summed E-state index contributed by atoms with van der Waals surface area (Å²) >= 11 is 6.03. The molecule has 1 aromatic carbocycles. The van der Waals surface area contributed by atoms with Gasteiger partial charge >= 0.3 is 16.2 Å². The molecule has 2 rings (SSSR count). The fourth-order valence-electron chi connectivity index (χ4n) is 2.49. The first kappa shape index (κ1) is 18.5. The smallest absolute Gasteiger partial charge is 0.326 e. The highest BCUT2D eigenvalue weighted by molar-refractivity contribution is 7.90. The maximum atomic E-state index is 12.6. The molecule has 1 heterocycles. The number of carbonyl (C=O) groups excluding carboxylic acids is 1. The third-order valence-corrected chi connectivity index (χ3v) is 5.81. The molecule has 2 N–H and O–H groups in total. The number of hydrogen-bond acceptors (Lipinski definition) is 6. The van der Waals surface area contributed by atoms with Crippen LogP contribution in [0.25, 0.3) is 0 Å². The maximum Gasteiger partial charge on any atom is 0.326 e. The molecule has 8 nitrogen and oxygen atoms in total. The lowest BCUT2D eigenvalue weighted by molar-refractivity contribution is -0.146. The number of nitrogens with one attached hydrogen (secondary N) is 1. The Balaban J connectivity index is 2.34. The monoisotopic (exact) mass is 373 g/mol. The zero-order valence-corrected chi connectivity index (χ0v) is 14.6. The van der Waals surface area contributed by atoms with Gasteiger partial charge in [0.2, 0.25) is 0 Å². The number of hydrogen-bond donors (Lipinski definition) is 2. The molecule has 1 aliphatic heterocycles. The maximum absolute atomic E-state index is 12.6. The number of nitrogens with zero attached hydrogens (tertiary/aromatic N) is 2. The Morgan fingerprint density at radius 2 is 2.21 bits per heavy atom. The molecular formula is C14H16ClN3O5S. The highest BCUT2D eigenvalue weighted by Crippen LogP contribution is 2.30. The Kier molecular flexibility index (Phi) is 5.35. The van der Waals surface area contributed by atoms with E-state index in [1.165, 1.54) is 12.1 Å². The molecule has 0 aliphatic carbocycles. The quantitative estimate of drug-likeness (QED) is 0.753. The van der Waals surface area contributed by atoms with Crippen molar-refractivity contribution in [2.24, 2.45) is 0 Å². The summed E-state index contributed by atoms with van der Waals surface area (Å²) in [4.78, 5) is 11.8. The van der Waals surface area contributed by atoms with Crippen LogP contribution in [0.5, 0.6) is 0 Å². The molecule has 24 heavy (non-hydrogen) atoms. The van der Waals surface area contributed by atoms with E-state index in [2.05, 4.69) is 9.46 Å². The van der Waals surface area contributed by atoms with Crippen molar-refractivity contribution in [3.8, 4) is 6.07 Å². The molecule has 0 saturated carbocycles. The average molecular weight is 374 g/mol. The van der Waals surface area contributed by atoms with Gasteiger partial charge in [0.15, 0.2) is 0 Å². The van der Waals surface area contributed by atoms with E-state index in [1.807, 2.05) is 6.07 Å². The van der Waals surface area contributed by atoms with Crippen molar-refractivity contribution in [3.05, 3.63) is 28.3 Å². The van der Waals surface area contributed by atoms with Gasteiger partial charge in [-0.25, -0.2) is 0 Å². The summed E-state index contributed by atoms with van der Waals surface area (Å²) in [6, 6.07) is 3.41. The highest BCUT2D eigenvalue weighted by atomic mass is 35.5. The molecule has 0 aromatic heterocycles. The molecule has 130 valence electrons. The summed E-state index contributed by atoms with van der Waals surface area (Å²) in [7, 11) is -3.01. The Bertz CT molecular complexity index is 805. The normalized spacial score (nSPS) is 21.3. The summed E-state index contributed by atoms with van der Waals surface area (Å²) in [6.07, 6.45) is -1.02. The van der Waals surface area contributed by atoms with E-state index in [1.54, 1.807) is 6.92 Å². The number of ether oxygens (including phenoxy) is 1. The molecule has 1 aromatic rings. The van der Waals surface area contributed by atoms with Gasteiger partial charge in [0.05, 0.1) is 29.5 Å². The molecule has 1 fully saturated rings. The second-order valence-corrected chi connectivity index (χ2v) is 7.25. The predicted octanol–water partition coefficient (Wildman–Crippen LogP) is 0.785. The van der Waals surface area contributed by atoms with Crippen LogP contribution < -0.4 is 4.72 Å². The van der Waals surface area contributed by atoms with E-state index in [4.69, 9.17) is 16.9 Å². The van der Waals surface area contributed by atoms with Crippen LogP contribution in [0.4, 0.5) is 5.69 Å². The largest absolute Gasteiger partial charge is 0.468 e. The number of carbonyl (C=O) groups is 1. The standard InChI is InChI=1S/C14H16ClN3O5S/c1-8-10(4-3-9(7-16)12(8)15)17-24(21,22)18-6-5-11(19)13(18)14(20)23-2/h3-4,11,13,17,19H,5-6H2,1-2H3/t11-,13?/m1/s1. The van der Waals surface area contributed by atoms with Crippen molar-refractivity contribution in [2.75, 3.05) is 18.4 Å². The average Bonchev–Trinajstić information content (AvgIpc) is 2.94. The Morgan fingerprint density at radius 1 is 1.54 bits per heavy atom. The number of anilines is 1. The Labute approximate surface area is 144 Å². The van der Waals surface area contributed by atoms with Crippen molar-refractivity contribution in [2.45, 2.75) is 25.5 Å². The molecule has 10 heteroatoms. The van der Waals surface area contributed by atoms with Gasteiger partial charge in [0, 0.05) is 6.54 Å². The van der Waals surface area contributed by atoms with Crippen LogP contribution in [0.1, 0.15) is 17.5 Å². The molecule has 1 unspecified atom stereocenters. The van der Waals surface area contributed by atoms with Crippen molar-refractivity contribution < 1.29 is 23.1 Å². The number of rotatable bonds is 4. The minimum Gasteiger partial charge on any atom is -0.468 e. The van der Waals surface area contributed by atoms with Crippen molar-refractivity contribution >= 4 is 33.5 Å². The Morgan fingerprint density at radius 3 is 2.79 bits per heavy atom. The van der Waals surface area contributed by atoms with Gasteiger partial charge in [-0.15, -0.1) is 0 Å². The number of aliphatic hydroxyl groups excluding tert-OH is 1. The summed E-state index contributed by atoms with van der Waals surface area (Å²) in [5.74, 6) is -0.833. The molecule has 0 amide bonds. The van der Waals surface area contributed by atoms with Gasteiger partial charge in [0.25, 0.3) is 0 Å². The number of benzene rings is 1.